The molecule has 0 radical (unpaired) electrons. The third-order valence-corrected chi connectivity index (χ3v) is 2.93. The number of rotatable bonds is 5. The standard InChI is InChI=1S/C10H21NO/c1-6-9(12)10(4,7-2)11(5)8-3/h6-8H2,1-5H3/t10-/m1/s1. The Bertz CT molecular complexity index is 156. The molecule has 12 heavy (non-hydrogen) atoms. The van der Waals surface area contributed by atoms with Crippen molar-refractivity contribution in [1.82, 2.24) is 4.90 Å². The minimum atomic E-state index is -0.247. The van der Waals surface area contributed by atoms with Crippen molar-refractivity contribution in [3.05, 3.63) is 0 Å². The van der Waals surface area contributed by atoms with Crippen LogP contribution in [-0.4, -0.2) is 29.8 Å². The van der Waals surface area contributed by atoms with Crippen molar-refractivity contribution in [3.8, 4) is 0 Å². The number of hydrogen-bond acceptors (Lipinski definition) is 2. The molecule has 0 aliphatic rings. The van der Waals surface area contributed by atoms with E-state index in [-0.39, 0.29) is 5.54 Å². The van der Waals surface area contributed by atoms with Crippen LogP contribution in [0.3, 0.4) is 0 Å². The number of hydrogen-bond donors (Lipinski definition) is 0. The quantitative estimate of drug-likeness (QED) is 0.631. The first-order valence-corrected chi connectivity index (χ1v) is 4.77. The fraction of sp³-hybridized carbons (Fsp3) is 0.900. The molecule has 0 aliphatic carbocycles. The van der Waals surface area contributed by atoms with Crippen LogP contribution in [0, 0.1) is 0 Å². The normalized spacial score (nSPS) is 16.2. The Kier molecular flexibility index (Phi) is 4.46. The summed E-state index contributed by atoms with van der Waals surface area (Å²) in [6.07, 6.45) is 1.53. The maximum absolute atomic E-state index is 11.6. The predicted octanol–water partition coefficient (Wildman–Crippen LogP) is 2.09. The molecule has 0 saturated heterocycles. The van der Waals surface area contributed by atoms with Crippen molar-refractivity contribution >= 4 is 5.78 Å². The molecule has 0 saturated carbocycles. The summed E-state index contributed by atoms with van der Waals surface area (Å²) in [6, 6.07) is 0. The van der Waals surface area contributed by atoms with Crippen molar-refractivity contribution in [2.24, 2.45) is 0 Å². The van der Waals surface area contributed by atoms with Gasteiger partial charge < -0.3 is 0 Å². The first kappa shape index (κ1) is 11.6. The number of likely N-dealkylation sites (N-methyl/N-ethyl adjacent to an activating group) is 1. The number of carbonyl (C=O) groups excluding carboxylic acids is 1. The van der Waals surface area contributed by atoms with Crippen molar-refractivity contribution in [1.29, 1.82) is 0 Å². The van der Waals surface area contributed by atoms with Crippen LogP contribution in [-0.2, 0) is 4.79 Å². The lowest BCUT2D eigenvalue weighted by Gasteiger charge is -2.35. The summed E-state index contributed by atoms with van der Waals surface area (Å²) in [4.78, 5) is 13.7. The van der Waals surface area contributed by atoms with Crippen LogP contribution >= 0.6 is 0 Å². The molecule has 0 heterocycles. The first-order valence-electron chi connectivity index (χ1n) is 4.77. The van der Waals surface area contributed by atoms with E-state index < -0.39 is 0 Å². The van der Waals surface area contributed by atoms with Gasteiger partial charge in [0.05, 0.1) is 5.54 Å². The van der Waals surface area contributed by atoms with Gasteiger partial charge in [-0.3, -0.25) is 9.69 Å². The van der Waals surface area contributed by atoms with E-state index in [9.17, 15) is 4.79 Å². The number of carbonyl (C=O) groups is 1. The summed E-state index contributed by atoms with van der Waals surface area (Å²) in [5.74, 6) is 0.342. The molecule has 0 aromatic carbocycles. The molecule has 2 heteroatoms. The zero-order chi connectivity index (χ0) is 9.78. The van der Waals surface area contributed by atoms with Crippen LogP contribution < -0.4 is 0 Å². The van der Waals surface area contributed by atoms with Gasteiger partial charge in [0, 0.05) is 6.42 Å². The lowest BCUT2D eigenvalue weighted by Crippen LogP contribution is -2.49. The molecule has 0 rings (SSSR count). The van der Waals surface area contributed by atoms with Crippen molar-refractivity contribution in [2.75, 3.05) is 13.6 Å². The minimum absolute atomic E-state index is 0.247. The van der Waals surface area contributed by atoms with Crippen LogP contribution in [0.2, 0.25) is 0 Å². The van der Waals surface area contributed by atoms with E-state index in [1.807, 2.05) is 20.9 Å². The Labute approximate surface area is 75.9 Å². The molecule has 0 bridgehead atoms. The third-order valence-electron chi connectivity index (χ3n) is 2.93. The molecule has 0 N–H and O–H groups in total. The van der Waals surface area contributed by atoms with E-state index in [0.29, 0.717) is 12.2 Å². The van der Waals surface area contributed by atoms with Gasteiger partial charge in [-0.2, -0.15) is 0 Å². The molecule has 72 valence electrons. The molecule has 1 atom stereocenters. The van der Waals surface area contributed by atoms with E-state index in [1.165, 1.54) is 0 Å². The van der Waals surface area contributed by atoms with Crippen LogP contribution in [0.4, 0.5) is 0 Å². The lowest BCUT2D eigenvalue weighted by atomic mass is 9.90. The topological polar surface area (TPSA) is 20.3 Å². The second-order valence-electron chi connectivity index (χ2n) is 3.42. The second-order valence-corrected chi connectivity index (χ2v) is 3.42. The summed E-state index contributed by atoms with van der Waals surface area (Å²) in [6.45, 7) is 9.04. The minimum Gasteiger partial charge on any atom is -0.298 e. The van der Waals surface area contributed by atoms with Gasteiger partial charge >= 0.3 is 0 Å². The van der Waals surface area contributed by atoms with Crippen molar-refractivity contribution in [3.63, 3.8) is 0 Å². The smallest absolute Gasteiger partial charge is 0.152 e. The lowest BCUT2D eigenvalue weighted by molar-refractivity contribution is -0.129. The summed E-state index contributed by atoms with van der Waals surface area (Å²) in [5.41, 5.74) is -0.247. The zero-order valence-electron chi connectivity index (χ0n) is 8.98. The Hall–Kier alpha value is -0.370. The van der Waals surface area contributed by atoms with Gasteiger partial charge in [-0.1, -0.05) is 20.8 Å². The average Bonchev–Trinajstić information content (AvgIpc) is 2.13. The van der Waals surface area contributed by atoms with Gasteiger partial charge in [0.25, 0.3) is 0 Å². The van der Waals surface area contributed by atoms with Crippen molar-refractivity contribution < 1.29 is 4.79 Å². The summed E-state index contributed by atoms with van der Waals surface area (Å²) < 4.78 is 0. The summed E-state index contributed by atoms with van der Waals surface area (Å²) >= 11 is 0. The molecule has 0 amide bonds. The number of Topliss-reactive ketones (excluding diaryl/α,β-unsaturated/α-hetero) is 1. The molecule has 0 aromatic heterocycles. The Morgan fingerprint density at radius 3 is 2.08 bits per heavy atom. The molecule has 0 spiro atoms. The fourth-order valence-electron chi connectivity index (χ4n) is 1.41. The molecular weight excluding hydrogens is 150 g/mol. The monoisotopic (exact) mass is 171 g/mol. The highest BCUT2D eigenvalue weighted by Gasteiger charge is 2.32. The van der Waals surface area contributed by atoms with Gasteiger partial charge in [0.1, 0.15) is 0 Å². The van der Waals surface area contributed by atoms with Crippen LogP contribution in [0.25, 0.3) is 0 Å². The molecule has 0 fully saturated rings. The molecule has 2 nitrogen and oxygen atoms in total. The van der Waals surface area contributed by atoms with Gasteiger partial charge in [-0.05, 0) is 26.9 Å². The largest absolute Gasteiger partial charge is 0.298 e. The second kappa shape index (κ2) is 4.61. The average molecular weight is 171 g/mol. The molecule has 0 aliphatic heterocycles. The van der Waals surface area contributed by atoms with Crippen molar-refractivity contribution in [2.45, 2.75) is 46.1 Å². The van der Waals surface area contributed by atoms with Crippen LogP contribution in [0.15, 0.2) is 0 Å². The summed E-state index contributed by atoms with van der Waals surface area (Å²) in [5, 5.41) is 0. The Morgan fingerprint density at radius 1 is 1.33 bits per heavy atom. The van der Waals surface area contributed by atoms with Crippen LogP contribution in [0.1, 0.15) is 40.5 Å². The maximum atomic E-state index is 11.6. The molecule has 0 unspecified atom stereocenters. The number of ketones is 1. The maximum Gasteiger partial charge on any atom is 0.152 e. The predicted molar refractivity (Wildman–Crippen MR) is 52.3 cm³/mol. The van der Waals surface area contributed by atoms with E-state index in [2.05, 4.69) is 18.7 Å². The Morgan fingerprint density at radius 2 is 1.83 bits per heavy atom. The van der Waals surface area contributed by atoms with Gasteiger partial charge in [-0.25, -0.2) is 0 Å². The van der Waals surface area contributed by atoms with E-state index in [0.717, 1.165) is 13.0 Å². The molecule has 0 aromatic rings. The zero-order valence-corrected chi connectivity index (χ0v) is 8.98. The fourth-order valence-corrected chi connectivity index (χ4v) is 1.41. The summed E-state index contributed by atoms with van der Waals surface area (Å²) in [7, 11) is 2.01. The first-order chi connectivity index (χ1) is 5.52. The SMILES string of the molecule is CCC(=O)[C@@](C)(CC)N(C)CC. The van der Waals surface area contributed by atoms with E-state index >= 15 is 0 Å². The highest BCUT2D eigenvalue weighted by molar-refractivity contribution is 5.87. The van der Waals surface area contributed by atoms with Crippen LogP contribution in [0.5, 0.6) is 0 Å². The number of nitrogens with zero attached hydrogens (tertiary/aromatic N) is 1. The Balaban J connectivity index is 4.54. The van der Waals surface area contributed by atoms with Gasteiger partial charge in [0.15, 0.2) is 5.78 Å². The third kappa shape index (κ3) is 2.07. The highest BCUT2D eigenvalue weighted by Crippen LogP contribution is 2.19. The highest BCUT2D eigenvalue weighted by atomic mass is 16.1. The van der Waals surface area contributed by atoms with E-state index in [4.69, 9.17) is 0 Å². The van der Waals surface area contributed by atoms with Gasteiger partial charge in [0.2, 0.25) is 0 Å². The van der Waals surface area contributed by atoms with Gasteiger partial charge in [-0.15, -0.1) is 0 Å². The molecular formula is C10H21NO. The van der Waals surface area contributed by atoms with E-state index in [1.54, 1.807) is 0 Å².